The van der Waals surface area contributed by atoms with Crippen molar-refractivity contribution in [3.63, 3.8) is 0 Å². The lowest BCUT2D eigenvalue weighted by Crippen LogP contribution is -2.32. The minimum absolute atomic E-state index is 0.00904. The molecule has 0 saturated carbocycles. The Morgan fingerprint density at radius 2 is 1.67 bits per heavy atom. The summed E-state index contributed by atoms with van der Waals surface area (Å²) >= 11 is 0. The van der Waals surface area contributed by atoms with Gasteiger partial charge >= 0.3 is 0 Å². The van der Waals surface area contributed by atoms with Crippen molar-refractivity contribution in [1.82, 2.24) is 4.72 Å². The summed E-state index contributed by atoms with van der Waals surface area (Å²) in [6.45, 7) is 5.24. The van der Waals surface area contributed by atoms with Crippen LogP contribution in [0.25, 0.3) is 0 Å². The molecule has 2 amide bonds. The number of aryl methyl sites for hydroxylation is 1. The number of hydrogen-bond acceptors (Lipinski definition) is 5. The fraction of sp³-hybridized carbons (Fsp3) is 0.333. The van der Waals surface area contributed by atoms with Crippen molar-refractivity contribution in [3.8, 4) is 0 Å². The second-order valence-electron chi connectivity index (χ2n) is 7.58. The summed E-state index contributed by atoms with van der Waals surface area (Å²) in [4.78, 5) is 24.1. The van der Waals surface area contributed by atoms with E-state index < -0.39 is 16.1 Å². The molecule has 0 aromatic heterocycles. The Kier molecular flexibility index (Phi) is 6.42. The van der Waals surface area contributed by atoms with E-state index in [2.05, 4.69) is 20.7 Å². The number of benzene rings is 2. The van der Waals surface area contributed by atoms with Crippen LogP contribution < -0.4 is 20.7 Å². The van der Waals surface area contributed by atoms with Gasteiger partial charge in [-0.1, -0.05) is 0 Å². The standard InChI is InChI=1S/C21H26N4O4S/c1-13(2)25-30(28,29)18-8-5-16(6-9-18)23-21(27)14(3)22-17-7-10-19-15(12-17)4-11-20(26)24-19/h5-10,12-14,22,25H,4,11H2,1-3H3,(H,23,27)(H,24,26). The average Bonchev–Trinajstić information content (AvgIpc) is 2.67. The number of anilines is 3. The summed E-state index contributed by atoms with van der Waals surface area (Å²) in [6, 6.07) is 10.9. The molecule has 2 aromatic rings. The number of amides is 2. The number of nitrogens with one attached hydrogen (secondary N) is 4. The topological polar surface area (TPSA) is 116 Å². The molecule has 0 bridgehead atoms. The summed E-state index contributed by atoms with van der Waals surface area (Å²) in [5.41, 5.74) is 3.12. The van der Waals surface area contributed by atoms with Crippen LogP contribution >= 0.6 is 0 Å². The molecule has 0 radical (unpaired) electrons. The first-order valence-electron chi connectivity index (χ1n) is 9.76. The summed E-state index contributed by atoms with van der Waals surface area (Å²) in [7, 11) is -3.57. The Morgan fingerprint density at radius 1 is 1.00 bits per heavy atom. The van der Waals surface area contributed by atoms with Crippen molar-refractivity contribution < 1.29 is 18.0 Å². The average molecular weight is 431 g/mol. The molecule has 0 fully saturated rings. The number of carbonyl (C=O) groups excluding carboxylic acids is 2. The third kappa shape index (κ3) is 5.37. The maximum Gasteiger partial charge on any atom is 0.246 e. The molecule has 1 heterocycles. The molecule has 8 nitrogen and oxygen atoms in total. The third-order valence-electron chi connectivity index (χ3n) is 4.60. The van der Waals surface area contributed by atoms with E-state index in [0.29, 0.717) is 18.5 Å². The molecule has 2 aromatic carbocycles. The van der Waals surface area contributed by atoms with Crippen molar-refractivity contribution in [2.24, 2.45) is 0 Å². The van der Waals surface area contributed by atoms with Gasteiger partial charge in [0.05, 0.1) is 4.90 Å². The Labute approximate surface area is 176 Å². The molecule has 0 saturated heterocycles. The zero-order chi connectivity index (χ0) is 21.9. The largest absolute Gasteiger partial charge is 0.374 e. The molecule has 1 atom stereocenters. The highest BCUT2D eigenvalue weighted by molar-refractivity contribution is 7.89. The van der Waals surface area contributed by atoms with Crippen LogP contribution in [0.4, 0.5) is 17.1 Å². The smallest absolute Gasteiger partial charge is 0.246 e. The SMILES string of the molecule is CC(C)NS(=O)(=O)c1ccc(NC(=O)C(C)Nc2ccc3c(c2)CCC(=O)N3)cc1. The van der Waals surface area contributed by atoms with Crippen molar-refractivity contribution >= 4 is 38.9 Å². The van der Waals surface area contributed by atoms with Gasteiger partial charge in [-0.2, -0.15) is 0 Å². The van der Waals surface area contributed by atoms with Gasteiger partial charge in [-0.3, -0.25) is 9.59 Å². The number of rotatable bonds is 7. The molecule has 0 aliphatic carbocycles. The Bertz CT molecular complexity index is 1050. The van der Waals surface area contributed by atoms with Crippen LogP contribution in [0, 0.1) is 0 Å². The predicted octanol–water partition coefficient (Wildman–Crippen LogP) is 2.70. The van der Waals surface area contributed by atoms with Gasteiger partial charge in [0.15, 0.2) is 0 Å². The highest BCUT2D eigenvalue weighted by Crippen LogP contribution is 2.26. The second kappa shape index (κ2) is 8.85. The van der Waals surface area contributed by atoms with Crippen molar-refractivity contribution in [3.05, 3.63) is 48.0 Å². The lowest BCUT2D eigenvalue weighted by atomic mass is 10.0. The van der Waals surface area contributed by atoms with Crippen molar-refractivity contribution in [2.45, 2.75) is 50.6 Å². The molecular formula is C21H26N4O4S. The van der Waals surface area contributed by atoms with E-state index in [1.165, 1.54) is 12.1 Å². The van der Waals surface area contributed by atoms with Gasteiger partial charge in [0.1, 0.15) is 6.04 Å². The highest BCUT2D eigenvalue weighted by atomic mass is 32.2. The minimum Gasteiger partial charge on any atom is -0.374 e. The zero-order valence-corrected chi connectivity index (χ0v) is 18.0. The molecule has 30 heavy (non-hydrogen) atoms. The maximum absolute atomic E-state index is 12.5. The molecular weight excluding hydrogens is 404 g/mol. The quantitative estimate of drug-likeness (QED) is 0.539. The van der Waals surface area contributed by atoms with E-state index in [1.54, 1.807) is 32.9 Å². The molecule has 4 N–H and O–H groups in total. The first kappa shape index (κ1) is 21.8. The molecule has 160 valence electrons. The van der Waals surface area contributed by atoms with Gasteiger partial charge in [0.25, 0.3) is 0 Å². The van der Waals surface area contributed by atoms with Crippen LogP contribution in [-0.2, 0) is 26.0 Å². The van der Waals surface area contributed by atoms with E-state index in [0.717, 1.165) is 16.9 Å². The van der Waals surface area contributed by atoms with E-state index in [-0.39, 0.29) is 22.8 Å². The lowest BCUT2D eigenvalue weighted by Gasteiger charge is -2.20. The molecule has 1 aliphatic rings. The van der Waals surface area contributed by atoms with E-state index in [9.17, 15) is 18.0 Å². The van der Waals surface area contributed by atoms with Crippen molar-refractivity contribution in [2.75, 3.05) is 16.0 Å². The monoisotopic (exact) mass is 430 g/mol. The molecule has 9 heteroatoms. The molecule has 3 rings (SSSR count). The van der Waals surface area contributed by atoms with E-state index in [4.69, 9.17) is 0 Å². The lowest BCUT2D eigenvalue weighted by molar-refractivity contribution is -0.117. The minimum atomic E-state index is -3.57. The predicted molar refractivity (Wildman–Crippen MR) is 117 cm³/mol. The third-order valence-corrected chi connectivity index (χ3v) is 6.27. The zero-order valence-electron chi connectivity index (χ0n) is 17.2. The fourth-order valence-electron chi connectivity index (χ4n) is 3.14. The van der Waals surface area contributed by atoms with Gasteiger partial charge in [-0.15, -0.1) is 0 Å². The Hall–Kier alpha value is -2.91. The maximum atomic E-state index is 12.5. The molecule has 1 aliphatic heterocycles. The van der Waals surface area contributed by atoms with Gasteiger partial charge in [-0.05, 0) is 75.2 Å². The van der Waals surface area contributed by atoms with Crippen LogP contribution in [0.3, 0.4) is 0 Å². The van der Waals surface area contributed by atoms with Gasteiger partial charge in [-0.25, -0.2) is 13.1 Å². The Morgan fingerprint density at radius 3 is 2.33 bits per heavy atom. The van der Waals surface area contributed by atoms with Crippen molar-refractivity contribution in [1.29, 1.82) is 0 Å². The summed E-state index contributed by atoms with van der Waals surface area (Å²) < 4.78 is 26.9. The van der Waals surface area contributed by atoms with Gasteiger partial charge in [0, 0.05) is 29.5 Å². The van der Waals surface area contributed by atoms with Crippen LogP contribution in [-0.4, -0.2) is 32.3 Å². The number of fused-ring (bicyclic) bond motifs is 1. The van der Waals surface area contributed by atoms with Crippen LogP contribution in [0.2, 0.25) is 0 Å². The van der Waals surface area contributed by atoms with Gasteiger partial charge < -0.3 is 16.0 Å². The van der Waals surface area contributed by atoms with E-state index in [1.807, 2.05) is 18.2 Å². The summed E-state index contributed by atoms with van der Waals surface area (Å²) in [6.07, 6.45) is 1.11. The molecule has 0 spiro atoms. The van der Waals surface area contributed by atoms with Crippen LogP contribution in [0.5, 0.6) is 0 Å². The normalized spacial score (nSPS) is 14.6. The first-order chi connectivity index (χ1) is 14.1. The number of sulfonamides is 1. The number of carbonyl (C=O) groups is 2. The van der Waals surface area contributed by atoms with Crippen LogP contribution in [0.1, 0.15) is 32.8 Å². The second-order valence-corrected chi connectivity index (χ2v) is 9.29. The number of hydrogen-bond donors (Lipinski definition) is 4. The summed E-state index contributed by atoms with van der Waals surface area (Å²) in [5, 5.41) is 8.75. The highest BCUT2D eigenvalue weighted by Gasteiger charge is 2.18. The fourth-order valence-corrected chi connectivity index (χ4v) is 4.39. The summed E-state index contributed by atoms with van der Waals surface area (Å²) in [5.74, 6) is -0.244. The van der Waals surface area contributed by atoms with Crippen LogP contribution in [0.15, 0.2) is 47.4 Å². The first-order valence-corrected chi connectivity index (χ1v) is 11.2. The van der Waals surface area contributed by atoms with Gasteiger partial charge in [0.2, 0.25) is 21.8 Å². The van der Waals surface area contributed by atoms with E-state index >= 15 is 0 Å². The molecule has 1 unspecified atom stereocenters. The Balaban J connectivity index is 1.61.